The molecule has 0 N–H and O–H groups in total. The third kappa shape index (κ3) is 3.00. The van der Waals surface area contributed by atoms with Crippen LogP contribution in [-0.2, 0) is 23.9 Å². The molecular formula is C23H34O5. The van der Waals surface area contributed by atoms with Gasteiger partial charge < -0.3 is 9.47 Å². The van der Waals surface area contributed by atoms with Crippen LogP contribution < -0.4 is 0 Å². The van der Waals surface area contributed by atoms with Gasteiger partial charge in [0.25, 0.3) is 0 Å². The van der Waals surface area contributed by atoms with Crippen LogP contribution in [0.4, 0.5) is 0 Å². The predicted molar refractivity (Wildman–Crippen MR) is 103 cm³/mol. The van der Waals surface area contributed by atoms with Crippen molar-refractivity contribution in [1.82, 2.24) is 0 Å². The fourth-order valence-electron chi connectivity index (χ4n) is 7.73. The minimum Gasteiger partial charge on any atom is -0.463 e. The van der Waals surface area contributed by atoms with Crippen molar-refractivity contribution >= 4 is 17.7 Å². The minimum absolute atomic E-state index is 0.0101. The standard InChI is InChI=1S/C23H34O5/c1-13(24)27-16-9-10-22(3)15(11-16)5-6-17-18-7-8-20(28-14(2)25)23(18,4)12-19(26)21(17)22/h15-18,20-21H,5-12H2,1-4H3/t15-,16+,17-,18-,20+,21-,22-,23-/m0/s1. The molecule has 0 heterocycles. The molecule has 0 aliphatic heterocycles. The van der Waals surface area contributed by atoms with Gasteiger partial charge in [0.2, 0.25) is 0 Å². The number of hydrogen-bond donors (Lipinski definition) is 0. The summed E-state index contributed by atoms with van der Waals surface area (Å²) in [5.41, 5.74) is -0.195. The number of rotatable bonds is 2. The molecule has 0 aromatic rings. The molecule has 4 aliphatic carbocycles. The van der Waals surface area contributed by atoms with E-state index in [9.17, 15) is 14.4 Å². The zero-order valence-corrected chi connectivity index (χ0v) is 17.7. The van der Waals surface area contributed by atoms with E-state index in [0.717, 1.165) is 44.9 Å². The molecule has 0 bridgehead atoms. The molecule has 4 rings (SSSR count). The van der Waals surface area contributed by atoms with E-state index in [-0.39, 0.29) is 40.9 Å². The Morgan fingerprint density at radius 1 is 0.929 bits per heavy atom. The average molecular weight is 391 g/mol. The summed E-state index contributed by atoms with van der Waals surface area (Å²) in [5, 5.41) is 0. The second kappa shape index (κ2) is 6.84. The monoisotopic (exact) mass is 390 g/mol. The Balaban J connectivity index is 1.57. The van der Waals surface area contributed by atoms with Crippen molar-refractivity contribution in [3.63, 3.8) is 0 Å². The Kier molecular flexibility index (Phi) is 4.86. The van der Waals surface area contributed by atoms with Gasteiger partial charge in [-0.25, -0.2) is 0 Å². The summed E-state index contributed by atoms with van der Waals surface area (Å²) >= 11 is 0. The number of ketones is 1. The topological polar surface area (TPSA) is 69.7 Å². The number of carbonyl (C=O) groups excluding carboxylic acids is 3. The molecule has 0 aromatic carbocycles. The first-order chi connectivity index (χ1) is 13.1. The first-order valence-electron chi connectivity index (χ1n) is 11.0. The molecule has 5 heteroatoms. The van der Waals surface area contributed by atoms with Crippen LogP contribution in [0.5, 0.6) is 0 Å². The van der Waals surface area contributed by atoms with E-state index in [4.69, 9.17) is 9.47 Å². The van der Waals surface area contributed by atoms with Crippen LogP contribution in [0.1, 0.15) is 79.1 Å². The molecule has 8 atom stereocenters. The highest BCUT2D eigenvalue weighted by Gasteiger charge is 2.64. The van der Waals surface area contributed by atoms with E-state index in [1.165, 1.54) is 13.8 Å². The summed E-state index contributed by atoms with van der Waals surface area (Å²) in [5.74, 6) is 1.36. The van der Waals surface area contributed by atoms with Crippen molar-refractivity contribution in [1.29, 1.82) is 0 Å². The largest absolute Gasteiger partial charge is 0.463 e. The summed E-state index contributed by atoms with van der Waals surface area (Å²) in [7, 11) is 0. The Hall–Kier alpha value is -1.39. The van der Waals surface area contributed by atoms with Crippen LogP contribution in [0.3, 0.4) is 0 Å². The van der Waals surface area contributed by atoms with Crippen molar-refractivity contribution in [2.24, 2.45) is 34.5 Å². The molecule has 4 saturated carbocycles. The van der Waals surface area contributed by atoms with Crippen molar-refractivity contribution < 1.29 is 23.9 Å². The van der Waals surface area contributed by atoms with E-state index >= 15 is 0 Å². The van der Waals surface area contributed by atoms with Gasteiger partial charge >= 0.3 is 11.9 Å². The van der Waals surface area contributed by atoms with Crippen LogP contribution in [0.2, 0.25) is 0 Å². The molecule has 28 heavy (non-hydrogen) atoms. The third-order valence-electron chi connectivity index (χ3n) is 8.85. The Morgan fingerprint density at radius 2 is 1.64 bits per heavy atom. The van der Waals surface area contributed by atoms with Crippen molar-refractivity contribution in [2.45, 2.75) is 91.3 Å². The van der Waals surface area contributed by atoms with Crippen molar-refractivity contribution in [3.8, 4) is 0 Å². The lowest BCUT2D eigenvalue weighted by Crippen LogP contribution is -2.58. The summed E-state index contributed by atoms with van der Waals surface area (Å²) in [6.07, 6.45) is 7.24. The number of fused-ring (bicyclic) bond motifs is 5. The SMILES string of the molecule is CC(=O)O[C@@H]1CC[C@@]2(C)[C@@H](CC[C@@H]3[C@H]2C(=O)C[C@]2(C)[C@H](OC(C)=O)CC[C@@H]32)C1. The van der Waals surface area contributed by atoms with Gasteiger partial charge in [-0.1, -0.05) is 13.8 Å². The van der Waals surface area contributed by atoms with Gasteiger partial charge in [0.15, 0.2) is 0 Å². The summed E-state index contributed by atoms with van der Waals surface area (Å²) in [4.78, 5) is 36.5. The quantitative estimate of drug-likeness (QED) is 0.665. The molecule has 0 amide bonds. The zero-order valence-electron chi connectivity index (χ0n) is 17.7. The third-order valence-corrected chi connectivity index (χ3v) is 8.85. The van der Waals surface area contributed by atoms with E-state index in [1.807, 2.05) is 0 Å². The van der Waals surface area contributed by atoms with Gasteiger partial charge in [0.05, 0.1) is 0 Å². The van der Waals surface area contributed by atoms with E-state index < -0.39 is 0 Å². The van der Waals surface area contributed by atoms with Gasteiger partial charge in [-0.3, -0.25) is 14.4 Å². The molecule has 156 valence electrons. The Morgan fingerprint density at radius 3 is 2.32 bits per heavy atom. The van der Waals surface area contributed by atoms with Gasteiger partial charge in [-0.15, -0.1) is 0 Å². The minimum atomic E-state index is -0.235. The fourth-order valence-corrected chi connectivity index (χ4v) is 7.73. The van der Waals surface area contributed by atoms with Gasteiger partial charge in [-0.05, 0) is 68.1 Å². The summed E-state index contributed by atoms with van der Waals surface area (Å²) < 4.78 is 11.2. The smallest absolute Gasteiger partial charge is 0.302 e. The highest BCUT2D eigenvalue weighted by Crippen LogP contribution is 2.65. The van der Waals surface area contributed by atoms with E-state index in [2.05, 4.69) is 13.8 Å². The fraction of sp³-hybridized carbons (Fsp3) is 0.870. The number of esters is 2. The Bertz CT molecular complexity index is 686. The summed E-state index contributed by atoms with van der Waals surface area (Å²) in [6, 6.07) is 0. The van der Waals surface area contributed by atoms with Gasteiger partial charge in [-0.2, -0.15) is 0 Å². The second-order valence-corrected chi connectivity index (χ2v) is 10.4. The summed E-state index contributed by atoms with van der Waals surface area (Å²) in [6.45, 7) is 7.45. The predicted octanol–water partition coefficient (Wildman–Crippen LogP) is 4.07. The molecule has 4 fully saturated rings. The van der Waals surface area contributed by atoms with Gasteiger partial charge in [0.1, 0.15) is 18.0 Å². The lowest BCUT2D eigenvalue weighted by Gasteiger charge is -2.59. The maximum atomic E-state index is 13.5. The molecule has 5 nitrogen and oxygen atoms in total. The first kappa shape index (κ1) is 19.9. The maximum Gasteiger partial charge on any atom is 0.302 e. The van der Waals surface area contributed by atoms with Crippen LogP contribution in [-0.4, -0.2) is 29.9 Å². The second-order valence-electron chi connectivity index (χ2n) is 10.4. The zero-order chi connectivity index (χ0) is 20.3. The van der Waals surface area contributed by atoms with Crippen LogP contribution in [0.25, 0.3) is 0 Å². The van der Waals surface area contributed by atoms with Crippen LogP contribution >= 0.6 is 0 Å². The number of Topliss-reactive ketones (excluding diaryl/α,β-unsaturated/α-hetero) is 1. The van der Waals surface area contributed by atoms with Crippen molar-refractivity contribution in [2.75, 3.05) is 0 Å². The number of ether oxygens (including phenoxy) is 2. The maximum absolute atomic E-state index is 13.5. The molecule has 0 radical (unpaired) electrons. The van der Waals surface area contributed by atoms with E-state index in [0.29, 0.717) is 30.0 Å². The molecular weight excluding hydrogens is 356 g/mol. The van der Waals surface area contributed by atoms with E-state index in [1.54, 1.807) is 0 Å². The van der Waals surface area contributed by atoms with Gasteiger partial charge in [0, 0.05) is 31.6 Å². The number of hydrogen-bond acceptors (Lipinski definition) is 5. The number of carbonyl (C=O) groups is 3. The highest BCUT2D eigenvalue weighted by molar-refractivity contribution is 5.84. The van der Waals surface area contributed by atoms with Crippen molar-refractivity contribution in [3.05, 3.63) is 0 Å². The normalized spacial score (nSPS) is 47.5. The van der Waals surface area contributed by atoms with Crippen LogP contribution in [0, 0.1) is 34.5 Å². The Labute approximate surface area is 167 Å². The average Bonchev–Trinajstić information content (AvgIpc) is 2.90. The first-order valence-corrected chi connectivity index (χ1v) is 11.0. The lowest BCUT2D eigenvalue weighted by atomic mass is 9.44. The van der Waals surface area contributed by atoms with Crippen LogP contribution in [0.15, 0.2) is 0 Å². The molecule has 0 saturated heterocycles. The molecule has 0 unspecified atom stereocenters. The molecule has 4 aliphatic rings. The molecule has 0 spiro atoms. The lowest BCUT2D eigenvalue weighted by molar-refractivity contribution is -0.175. The highest BCUT2D eigenvalue weighted by atomic mass is 16.5. The molecule has 0 aromatic heterocycles.